The molecule has 2 heterocycles. The van der Waals surface area contributed by atoms with Crippen LogP contribution >= 0.6 is 0 Å². The second kappa shape index (κ2) is 7.61. The molecular weight excluding hydrogens is 342 g/mol. The van der Waals surface area contributed by atoms with Crippen molar-refractivity contribution in [3.05, 3.63) is 33.1 Å². The quantitative estimate of drug-likeness (QED) is 0.494. The van der Waals surface area contributed by atoms with Crippen LogP contribution in [-0.2, 0) is 9.47 Å². The van der Waals surface area contributed by atoms with Crippen molar-refractivity contribution in [1.82, 2.24) is 14.9 Å². The van der Waals surface area contributed by atoms with Gasteiger partial charge in [0, 0.05) is 24.2 Å². The zero-order valence-corrected chi connectivity index (χ0v) is 15.9. The van der Waals surface area contributed by atoms with E-state index in [1.54, 1.807) is 0 Å². The second-order valence-corrected chi connectivity index (χ2v) is 7.80. The Morgan fingerprint density at radius 2 is 1.92 bits per heavy atom. The van der Waals surface area contributed by atoms with E-state index in [-0.39, 0.29) is 12.0 Å². The monoisotopic (exact) mass is 371 g/mol. The minimum absolute atomic E-state index is 0.0486. The maximum atomic E-state index is 11.9. The summed E-state index contributed by atoms with van der Waals surface area (Å²) in [5.74, 6) is 0. The zero-order chi connectivity index (χ0) is 19.7. The molecule has 1 aromatic heterocycles. The zero-order valence-electron chi connectivity index (χ0n) is 15.9. The summed E-state index contributed by atoms with van der Waals surface area (Å²) in [5.41, 5.74) is -1.99. The number of aliphatic hydroxyl groups excluding tert-OH is 2. The average molecular weight is 371 g/mol. The standard InChI is InChI=1S/C17H29N3O6/c1-16(2,9-18-5)17(3,4)25-8-10-12(22)13(23)14(26-10)20-7-6-11(21)19-15(20)24/h6-7,10,12-14,18,22-23H,8-9H2,1-5H3,(H,19,21,24)/t10-,12?,13+,14-/m1/s1. The van der Waals surface area contributed by atoms with Gasteiger partial charge in [0.25, 0.3) is 5.56 Å². The summed E-state index contributed by atoms with van der Waals surface area (Å²) < 4.78 is 12.7. The van der Waals surface area contributed by atoms with Crippen LogP contribution in [0.15, 0.2) is 21.9 Å². The minimum Gasteiger partial charge on any atom is -0.387 e. The topological polar surface area (TPSA) is 126 Å². The molecule has 9 heteroatoms. The Bertz CT molecular complexity index is 726. The van der Waals surface area contributed by atoms with Crippen molar-refractivity contribution in [2.75, 3.05) is 20.2 Å². The second-order valence-electron chi connectivity index (χ2n) is 7.80. The van der Waals surface area contributed by atoms with Crippen LogP contribution in [0.5, 0.6) is 0 Å². The van der Waals surface area contributed by atoms with E-state index < -0.39 is 41.4 Å². The first kappa shape index (κ1) is 20.8. The summed E-state index contributed by atoms with van der Waals surface area (Å²) >= 11 is 0. The fourth-order valence-corrected chi connectivity index (χ4v) is 2.87. The van der Waals surface area contributed by atoms with Crippen LogP contribution in [0, 0.1) is 5.41 Å². The maximum Gasteiger partial charge on any atom is 0.330 e. The fourth-order valence-electron chi connectivity index (χ4n) is 2.87. The molecule has 0 amide bonds. The highest BCUT2D eigenvalue weighted by Crippen LogP contribution is 2.35. The summed E-state index contributed by atoms with van der Waals surface area (Å²) in [7, 11) is 1.87. The van der Waals surface area contributed by atoms with Crippen LogP contribution in [0.2, 0.25) is 0 Å². The molecule has 0 aromatic carbocycles. The molecular formula is C17H29N3O6. The Hall–Kier alpha value is -1.52. The SMILES string of the molecule is CNCC(C)(C)C(C)(C)OC[C@H]1O[C@@H](n2ccc(=O)[nH]c2=O)[C@@H](O)C1O. The normalized spacial score (nSPS) is 27.0. The molecule has 0 bridgehead atoms. The summed E-state index contributed by atoms with van der Waals surface area (Å²) in [5, 5.41) is 23.7. The molecule has 0 spiro atoms. The van der Waals surface area contributed by atoms with E-state index in [4.69, 9.17) is 9.47 Å². The molecule has 4 atom stereocenters. The molecule has 9 nitrogen and oxygen atoms in total. The lowest BCUT2D eigenvalue weighted by Crippen LogP contribution is -2.49. The Morgan fingerprint density at radius 1 is 1.27 bits per heavy atom. The first-order valence-corrected chi connectivity index (χ1v) is 8.62. The Labute approximate surface area is 152 Å². The van der Waals surface area contributed by atoms with Gasteiger partial charge in [0.1, 0.15) is 18.3 Å². The first-order valence-electron chi connectivity index (χ1n) is 8.62. The van der Waals surface area contributed by atoms with Crippen molar-refractivity contribution >= 4 is 0 Å². The van der Waals surface area contributed by atoms with E-state index in [1.165, 1.54) is 6.20 Å². The highest BCUT2D eigenvalue weighted by atomic mass is 16.6. The van der Waals surface area contributed by atoms with Gasteiger partial charge in [-0.1, -0.05) is 13.8 Å². The molecule has 1 saturated heterocycles. The number of aromatic amines is 1. The van der Waals surface area contributed by atoms with Gasteiger partial charge in [0.15, 0.2) is 6.23 Å². The number of aromatic nitrogens is 2. The Balaban J connectivity index is 2.10. The fraction of sp³-hybridized carbons (Fsp3) is 0.765. The minimum atomic E-state index is -1.32. The highest BCUT2D eigenvalue weighted by Gasteiger charge is 2.46. The molecule has 1 fully saturated rings. The average Bonchev–Trinajstić information content (AvgIpc) is 2.81. The van der Waals surface area contributed by atoms with Crippen LogP contribution < -0.4 is 16.6 Å². The molecule has 148 valence electrons. The molecule has 1 aliphatic heterocycles. The molecule has 2 rings (SSSR count). The predicted octanol–water partition coefficient (Wildman–Crippen LogP) is -0.803. The van der Waals surface area contributed by atoms with Crippen LogP contribution in [-0.4, -0.2) is 63.9 Å². The number of aliphatic hydroxyl groups is 2. The number of ether oxygens (including phenoxy) is 2. The van der Waals surface area contributed by atoms with E-state index in [0.29, 0.717) is 0 Å². The number of hydrogen-bond acceptors (Lipinski definition) is 7. The van der Waals surface area contributed by atoms with Crippen molar-refractivity contribution < 1.29 is 19.7 Å². The Kier molecular flexibility index (Phi) is 6.09. The predicted molar refractivity (Wildman–Crippen MR) is 95.0 cm³/mol. The molecule has 1 unspecified atom stereocenters. The van der Waals surface area contributed by atoms with Crippen LogP contribution in [0.4, 0.5) is 0 Å². The van der Waals surface area contributed by atoms with Gasteiger partial charge in [-0.25, -0.2) is 4.79 Å². The summed E-state index contributed by atoms with van der Waals surface area (Å²) in [6.07, 6.45) is -3.22. The summed E-state index contributed by atoms with van der Waals surface area (Å²) in [4.78, 5) is 25.2. The van der Waals surface area contributed by atoms with Gasteiger partial charge < -0.3 is 25.0 Å². The smallest absolute Gasteiger partial charge is 0.330 e. The lowest BCUT2D eigenvalue weighted by molar-refractivity contribution is -0.143. The third-order valence-corrected chi connectivity index (χ3v) is 5.32. The van der Waals surface area contributed by atoms with Gasteiger partial charge in [-0.05, 0) is 20.9 Å². The number of nitrogens with zero attached hydrogens (tertiary/aromatic N) is 1. The van der Waals surface area contributed by atoms with Crippen LogP contribution in [0.25, 0.3) is 0 Å². The van der Waals surface area contributed by atoms with Crippen molar-refractivity contribution in [3.63, 3.8) is 0 Å². The van der Waals surface area contributed by atoms with Gasteiger partial charge in [0.2, 0.25) is 0 Å². The van der Waals surface area contributed by atoms with Gasteiger partial charge >= 0.3 is 5.69 Å². The molecule has 0 radical (unpaired) electrons. The van der Waals surface area contributed by atoms with E-state index in [9.17, 15) is 19.8 Å². The van der Waals surface area contributed by atoms with Gasteiger partial charge in [0.05, 0.1) is 12.2 Å². The molecule has 0 aliphatic carbocycles. The van der Waals surface area contributed by atoms with Crippen molar-refractivity contribution in [2.24, 2.45) is 5.41 Å². The summed E-state index contributed by atoms with van der Waals surface area (Å²) in [6.45, 7) is 8.80. The maximum absolute atomic E-state index is 11.9. The van der Waals surface area contributed by atoms with E-state index in [2.05, 4.69) is 24.1 Å². The first-order chi connectivity index (χ1) is 12.0. The summed E-state index contributed by atoms with van der Waals surface area (Å²) in [6, 6.07) is 1.15. The lowest BCUT2D eigenvalue weighted by atomic mass is 9.77. The van der Waals surface area contributed by atoms with Gasteiger partial charge in [-0.3, -0.25) is 14.3 Å². The number of rotatable bonds is 7. The molecule has 1 aromatic rings. The van der Waals surface area contributed by atoms with Crippen molar-refractivity contribution in [3.8, 4) is 0 Å². The van der Waals surface area contributed by atoms with Crippen LogP contribution in [0.1, 0.15) is 33.9 Å². The Morgan fingerprint density at radius 3 is 2.50 bits per heavy atom. The largest absolute Gasteiger partial charge is 0.387 e. The number of nitrogens with one attached hydrogen (secondary N) is 2. The highest BCUT2D eigenvalue weighted by molar-refractivity contribution is 4.94. The molecule has 4 N–H and O–H groups in total. The molecule has 26 heavy (non-hydrogen) atoms. The molecule has 1 aliphatic rings. The number of H-pyrrole nitrogens is 1. The third-order valence-electron chi connectivity index (χ3n) is 5.32. The van der Waals surface area contributed by atoms with Gasteiger partial charge in [-0.15, -0.1) is 0 Å². The van der Waals surface area contributed by atoms with Gasteiger partial charge in [-0.2, -0.15) is 0 Å². The molecule has 0 saturated carbocycles. The lowest BCUT2D eigenvalue weighted by Gasteiger charge is -2.42. The van der Waals surface area contributed by atoms with E-state index >= 15 is 0 Å². The third kappa shape index (κ3) is 4.07. The van der Waals surface area contributed by atoms with Crippen LogP contribution in [0.3, 0.4) is 0 Å². The van der Waals surface area contributed by atoms with Crippen molar-refractivity contribution in [2.45, 2.75) is 57.8 Å². The van der Waals surface area contributed by atoms with E-state index in [1.807, 2.05) is 20.9 Å². The van der Waals surface area contributed by atoms with Crippen molar-refractivity contribution in [1.29, 1.82) is 0 Å². The van der Waals surface area contributed by atoms with E-state index in [0.717, 1.165) is 17.2 Å². The number of hydrogen-bond donors (Lipinski definition) is 4.